The van der Waals surface area contributed by atoms with E-state index in [1.54, 1.807) is 13.2 Å². The second-order valence-corrected chi connectivity index (χ2v) is 5.47. The molecule has 1 aromatic heterocycles. The van der Waals surface area contributed by atoms with Crippen molar-refractivity contribution in [2.45, 2.75) is 0 Å². The van der Waals surface area contributed by atoms with Gasteiger partial charge >= 0.3 is 0 Å². The van der Waals surface area contributed by atoms with Crippen LogP contribution in [0.1, 0.15) is 11.1 Å². The number of nitrogen functional groups attached to an aromatic ring is 1. The highest BCUT2D eigenvalue weighted by molar-refractivity contribution is 6.35. The molecule has 0 radical (unpaired) electrons. The van der Waals surface area contributed by atoms with Gasteiger partial charge in [0.15, 0.2) is 0 Å². The van der Waals surface area contributed by atoms with Gasteiger partial charge in [-0.05, 0) is 42.5 Å². The lowest BCUT2D eigenvalue weighted by Gasteiger charge is -2.01. The molecule has 0 bridgehead atoms. The van der Waals surface area contributed by atoms with Gasteiger partial charge in [-0.2, -0.15) is 0 Å². The zero-order valence-corrected chi connectivity index (χ0v) is 12.5. The molecule has 0 atom stereocenters. The van der Waals surface area contributed by atoms with Crippen LogP contribution in [0.5, 0.6) is 5.75 Å². The lowest BCUT2D eigenvalue weighted by Crippen LogP contribution is -2.03. The predicted octanol–water partition coefficient (Wildman–Crippen LogP) is 3.25. The van der Waals surface area contributed by atoms with Crippen molar-refractivity contribution >= 4 is 39.8 Å². The third-order valence-electron chi connectivity index (χ3n) is 4.05. The van der Waals surface area contributed by atoms with Gasteiger partial charge in [0.05, 0.1) is 7.11 Å². The van der Waals surface area contributed by atoms with E-state index < -0.39 is 0 Å². The molecule has 0 aliphatic carbocycles. The van der Waals surface area contributed by atoms with E-state index in [-0.39, 0.29) is 5.91 Å². The van der Waals surface area contributed by atoms with Crippen molar-refractivity contribution < 1.29 is 9.53 Å². The number of carbonyl (C=O) groups is 1. The summed E-state index contributed by atoms with van der Waals surface area (Å²) in [6, 6.07) is 11.2. The van der Waals surface area contributed by atoms with Crippen LogP contribution in [-0.2, 0) is 4.79 Å². The number of benzene rings is 2. The minimum atomic E-state index is -0.122. The first-order chi connectivity index (χ1) is 11.2. The van der Waals surface area contributed by atoms with E-state index >= 15 is 0 Å². The smallest absolute Gasteiger partial charge is 0.256 e. The summed E-state index contributed by atoms with van der Waals surface area (Å²) in [6.45, 7) is 0. The lowest BCUT2D eigenvalue weighted by atomic mass is 10.0. The summed E-state index contributed by atoms with van der Waals surface area (Å²) >= 11 is 0. The second kappa shape index (κ2) is 4.91. The number of nitrogens with two attached hydrogens (primary N) is 1. The molecule has 1 aliphatic rings. The van der Waals surface area contributed by atoms with Crippen LogP contribution in [0.2, 0.25) is 0 Å². The average Bonchev–Trinajstić information content (AvgIpc) is 3.09. The number of H-pyrrole nitrogens is 1. The third-order valence-corrected chi connectivity index (χ3v) is 4.05. The number of hydrogen-bond donors (Lipinski definition) is 3. The van der Waals surface area contributed by atoms with Crippen LogP contribution in [-0.4, -0.2) is 18.0 Å². The first-order valence-corrected chi connectivity index (χ1v) is 7.24. The highest BCUT2D eigenvalue weighted by Crippen LogP contribution is 2.35. The molecule has 2 heterocycles. The fourth-order valence-corrected chi connectivity index (χ4v) is 2.87. The van der Waals surface area contributed by atoms with E-state index in [1.165, 1.54) is 0 Å². The van der Waals surface area contributed by atoms with Crippen LogP contribution in [0.25, 0.3) is 22.6 Å². The number of aromatic amines is 1. The van der Waals surface area contributed by atoms with Crippen LogP contribution in [0.15, 0.2) is 42.6 Å². The maximum absolute atomic E-state index is 12.3. The number of fused-ring (bicyclic) bond motifs is 2. The molecule has 4 rings (SSSR count). The summed E-state index contributed by atoms with van der Waals surface area (Å²) in [5, 5.41) is 3.86. The summed E-state index contributed by atoms with van der Waals surface area (Å²) in [7, 11) is 1.63. The number of ether oxygens (including phenoxy) is 1. The van der Waals surface area contributed by atoms with Gasteiger partial charge in [-0.3, -0.25) is 4.79 Å². The van der Waals surface area contributed by atoms with Gasteiger partial charge in [-0.25, -0.2) is 0 Å². The Hall–Kier alpha value is -3.21. The van der Waals surface area contributed by atoms with Crippen LogP contribution < -0.4 is 15.8 Å². The molecule has 3 aromatic rings. The molecule has 114 valence electrons. The maximum Gasteiger partial charge on any atom is 0.256 e. The number of anilines is 2. The lowest BCUT2D eigenvalue weighted by molar-refractivity contribution is -0.110. The number of nitrogens with one attached hydrogen (secondary N) is 2. The van der Waals surface area contributed by atoms with Gasteiger partial charge in [0.1, 0.15) is 5.75 Å². The zero-order chi connectivity index (χ0) is 16.0. The Kier molecular flexibility index (Phi) is 2.87. The van der Waals surface area contributed by atoms with Crippen LogP contribution in [0, 0.1) is 0 Å². The largest absolute Gasteiger partial charge is 0.497 e. The van der Waals surface area contributed by atoms with Crippen LogP contribution in [0.4, 0.5) is 11.4 Å². The van der Waals surface area contributed by atoms with E-state index in [0.717, 1.165) is 33.5 Å². The molecule has 1 amide bonds. The first-order valence-electron chi connectivity index (χ1n) is 7.24. The molecule has 23 heavy (non-hydrogen) atoms. The van der Waals surface area contributed by atoms with Gasteiger partial charge in [-0.1, -0.05) is 0 Å². The minimum Gasteiger partial charge on any atom is -0.497 e. The van der Waals surface area contributed by atoms with Crippen molar-refractivity contribution in [2.75, 3.05) is 18.2 Å². The Labute approximate surface area is 132 Å². The van der Waals surface area contributed by atoms with E-state index in [9.17, 15) is 4.79 Å². The van der Waals surface area contributed by atoms with E-state index in [1.807, 2.05) is 42.6 Å². The fraction of sp³-hybridized carbons (Fsp3) is 0.0556. The van der Waals surface area contributed by atoms with Crippen molar-refractivity contribution in [3.8, 4) is 5.75 Å². The SMILES string of the molecule is COc1ccc2[nH]cc(C=C3C(=O)Nc4ccc(N)cc43)c2c1. The van der Waals surface area contributed by atoms with Gasteiger partial charge in [0.25, 0.3) is 5.91 Å². The molecule has 4 N–H and O–H groups in total. The molecule has 5 nitrogen and oxygen atoms in total. The highest BCUT2D eigenvalue weighted by atomic mass is 16.5. The normalized spacial score (nSPS) is 15.0. The van der Waals surface area contributed by atoms with Crippen LogP contribution in [0.3, 0.4) is 0 Å². The average molecular weight is 305 g/mol. The molecule has 5 heteroatoms. The standard InChI is InChI=1S/C18H15N3O2/c1-23-12-3-5-16-13(8-12)10(9-20-16)6-15-14-7-11(19)2-4-17(14)21-18(15)22/h2-9,20H,19H2,1H3,(H,21,22). The van der Waals surface area contributed by atoms with E-state index in [0.29, 0.717) is 11.3 Å². The summed E-state index contributed by atoms with van der Waals surface area (Å²) in [5.41, 5.74) is 10.6. The Morgan fingerprint density at radius 3 is 2.87 bits per heavy atom. The first kappa shape index (κ1) is 13.5. The number of aromatic nitrogens is 1. The molecule has 0 saturated heterocycles. The molecule has 0 fully saturated rings. The number of carbonyl (C=O) groups excluding carboxylic acids is 1. The van der Waals surface area contributed by atoms with Crippen molar-refractivity contribution in [1.29, 1.82) is 0 Å². The zero-order valence-electron chi connectivity index (χ0n) is 12.5. The molecular formula is C18H15N3O2. The highest BCUT2D eigenvalue weighted by Gasteiger charge is 2.24. The quantitative estimate of drug-likeness (QED) is 0.502. The van der Waals surface area contributed by atoms with Crippen molar-refractivity contribution in [3.05, 3.63) is 53.7 Å². The Bertz CT molecular complexity index is 970. The minimum absolute atomic E-state index is 0.122. The van der Waals surface area contributed by atoms with Gasteiger partial charge in [-0.15, -0.1) is 0 Å². The molecule has 1 aliphatic heterocycles. The molecule has 0 unspecified atom stereocenters. The van der Waals surface area contributed by atoms with Gasteiger partial charge in [0, 0.05) is 45.2 Å². The van der Waals surface area contributed by atoms with Crippen LogP contribution >= 0.6 is 0 Å². The van der Waals surface area contributed by atoms with E-state index in [2.05, 4.69) is 10.3 Å². The topological polar surface area (TPSA) is 80.1 Å². The number of rotatable bonds is 2. The Morgan fingerprint density at radius 2 is 2.04 bits per heavy atom. The fourth-order valence-electron chi connectivity index (χ4n) is 2.87. The van der Waals surface area contributed by atoms with Crippen molar-refractivity contribution in [1.82, 2.24) is 4.98 Å². The monoisotopic (exact) mass is 305 g/mol. The summed E-state index contributed by atoms with van der Waals surface area (Å²) in [4.78, 5) is 15.5. The van der Waals surface area contributed by atoms with E-state index in [4.69, 9.17) is 10.5 Å². The molecular weight excluding hydrogens is 290 g/mol. The predicted molar refractivity (Wildman–Crippen MR) is 92.2 cm³/mol. The summed E-state index contributed by atoms with van der Waals surface area (Å²) < 4.78 is 5.28. The summed E-state index contributed by atoms with van der Waals surface area (Å²) in [5.74, 6) is 0.653. The number of amides is 1. The molecule has 2 aromatic carbocycles. The maximum atomic E-state index is 12.3. The number of hydrogen-bond acceptors (Lipinski definition) is 3. The van der Waals surface area contributed by atoms with Gasteiger partial charge in [0.2, 0.25) is 0 Å². The van der Waals surface area contributed by atoms with Crippen molar-refractivity contribution in [2.24, 2.45) is 0 Å². The molecule has 0 saturated carbocycles. The third kappa shape index (κ3) is 2.14. The second-order valence-electron chi connectivity index (χ2n) is 5.47. The van der Waals surface area contributed by atoms with Crippen molar-refractivity contribution in [3.63, 3.8) is 0 Å². The molecule has 0 spiro atoms. The number of methoxy groups -OCH3 is 1. The Balaban J connectivity index is 1.88. The summed E-state index contributed by atoms with van der Waals surface area (Å²) in [6.07, 6.45) is 3.76. The Morgan fingerprint density at radius 1 is 1.17 bits per heavy atom. The van der Waals surface area contributed by atoms with Gasteiger partial charge < -0.3 is 20.8 Å².